The van der Waals surface area contributed by atoms with E-state index in [0.29, 0.717) is 10.4 Å². The minimum atomic E-state index is -0.866. The molecular weight excluding hydrogens is 277 g/mol. The van der Waals surface area contributed by atoms with Crippen molar-refractivity contribution in [2.24, 2.45) is 0 Å². The largest absolute Gasteiger partial charge is 0.364 e. The molecule has 2 aromatic carbocycles. The Kier molecular flexibility index (Phi) is 3.13. The van der Waals surface area contributed by atoms with Crippen LogP contribution in [0.3, 0.4) is 0 Å². The molecule has 21 heavy (non-hydrogen) atoms. The van der Waals surface area contributed by atoms with Crippen LogP contribution in [0.15, 0.2) is 36.4 Å². The second kappa shape index (κ2) is 4.97. The Morgan fingerprint density at radius 2 is 1.62 bits per heavy atom. The lowest BCUT2D eigenvalue weighted by Crippen LogP contribution is -2.32. The van der Waals surface area contributed by atoms with Crippen LogP contribution >= 0.6 is 0 Å². The van der Waals surface area contributed by atoms with Crippen molar-refractivity contribution in [1.29, 1.82) is 0 Å². The number of hydrogen-bond donors (Lipinski definition) is 0. The third kappa shape index (κ3) is 2.24. The molecule has 3 rings (SSSR count). The number of imide groups is 1. The number of hydroxylamine groups is 2. The summed E-state index contributed by atoms with van der Waals surface area (Å²) in [5.41, 5.74) is 0.0968. The van der Waals surface area contributed by atoms with E-state index in [1.54, 1.807) is 18.2 Å². The lowest BCUT2D eigenvalue weighted by atomic mass is 10.0. The van der Waals surface area contributed by atoms with Crippen LogP contribution in [0.5, 0.6) is 0 Å². The van der Waals surface area contributed by atoms with Crippen LogP contribution in [0.4, 0.5) is 4.39 Å². The number of fused-ring (bicyclic) bond motifs is 1. The van der Waals surface area contributed by atoms with E-state index < -0.39 is 23.6 Å². The lowest BCUT2D eigenvalue weighted by molar-refractivity contribution is -0.172. The standard InChI is InChI=1S/C15H10FNO4/c16-12-6-5-11(9-3-1-2-4-10(9)12)15(20)21-17-13(18)7-8-14(17)19/h1-6H,7-8H2. The fourth-order valence-corrected chi connectivity index (χ4v) is 2.23. The SMILES string of the molecule is O=C(ON1C(=O)CCC1=O)c1ccc(F)c2ccccc12. The normalized spacial score (nSPS) is 14.8. The van der Waals surface area contributed by atoms with Gasteiger partial charge in [0.1, 0.15) is 5.82 Å². The maximum absolute atomic E-state index is 13.7. The Bertz CT molecular complexity index is 755. The summed E-state index contributed by atoms with van der Waals surface area (Å²) in [6, 6.07) is 8.83. The first-order valence-electron chi connectivity index (χ1n) is 6.33. The first kappa shape index (κ1) is 13.2. The molecule has 0 unspecified atom stereocenters. The van der Waals surface area contributed by atoms with Crippen molar-refractivity contribution in [3.05, 3.63) is 47.8 Å². The summed E-state index contributed by atoms with van der Waals surface area (Å²) in [5, 5.41) is 1.10. The molecule has 0 bridgehead atoms. The third-order valence-electron chi connectivity index (χ3n) is 3.27. The first-order chi connectivity index (χ1) is 10.1. The number of amides is 2. The van der Waals surface area contributed by atoms with Crippen molar-refractivity contribution in [2.75, 3.05) is 0 Å². The number of rotatable bonds is 2. The van der Waals surface area contributed by atoms with Crippen LogP contribution in [0.1, 0.15) is 23.2 Å². The minimum absolute atomic E-state index is 0.0241. The Morgan fingerprint density at radius 3 is 2.29 bits per heavy atom. The van der Waals surface area contributed by atoms with Crippen LogP contribution in [-0.2, 0) is 14.4 Å². The van der Waals surface area contributed by atoms with E-state index in [4.69, 9.17) is 4.84 Å². The number of nitrogens with zero attached hydrogens (tertiary/aromatic N) is 1. The van der Waals surface area contributed by atoms with E-state index in [2.05, 4.69) is 0 Å². The average Bonchev–Trinajstić information content (AvgIpc) is 2.80. The summed E-state index contributed by atoms with van der Waals surface area (Å²) in [7, 11) is 0. The fourth-order valence-electron chi connectivity index (χ4n) is 2.23. The number of hydrogen-bond acceptors (Lipinski definition) is 4. The first-order valence-corrected chi connectivity index (χ1v) is 6.33. The maximum atomic E-state index is 13.7. The topological polar surface area (TPSA) is 63.7 Å². The van der Waals surface area contributed by atoms with Gasteiger partial charge >= 0.3 is 5.97 Å². The van der Waals surface area contributed by atoms with Gasteiger partial charge in [-0.05, 0) is 17.5 Å². The van der Waals surface area contributed by atoms with Gasteiger partial charge in [0.25, 0.3) is 11.8 Å². The molecule has 0 aromatic heterocycles. The number of carbonyl (C=O) groups is 3. The molecule has 6 heteroatoms. The van der Waals surface area contributed by atoms with Crippen molar-refractivity contribution < 1.29 is 23.6 Å². The molecule has 1 aliphatic heterocycles. The molecular formula is C15H10FNO4. The van der Waals surface area contributed by atoms with E-state index >= 15 is 0 Å². The van der Waals surface area contributed by atoms with Gasteiger partial charge in [0.05, 0.1) is 5.56 Å². The second-order valence-corrected chi connectivity index (χ2v) is 4.60. The third-order valence-corrected chi connectivity index (χ3v) is 3.27. The summed E-state index contributed by atoms with van der Waals surface area (Å²) in [5.74, 6) is -2.44. The van der Waals surface area contributed by atoms with Crippen molar-refractivity contribution in [3.63, 3.8) is 0 Å². The van der Waals surface area contributed by atoms with Gasteiger partial charge in [-0.15, -0.1) is 5.06 Å². The molecule has 0 atom stereocenters. The number of halogens is 1. The van der Waals surface area contributed by atoms with Crippen LogP contribution in [-0.4, -0.2) is 22.8 Å². The van der Waals surface area contributed by atoms with Gasteiger partial charge in [0, 0.05) is 18.2 Å². The average molecular weight is 287 g/mol. The maximum Gasteiger partial charge on any atom is 0.364 e. The van der Waals surface area contributed by atoms with Gasteiger partial charge in [0.15, 0.2) is 0 Å². The molecule has 1 fully saturated rings. The van der Waals surface area contributed by atoms with E-state index in [1.807, 2.05) is 0 Å². The zero-order valence-electron chi connectivity index (χ0n) is 10.8. The number of benzene rings is 2. The molecule has 0 spiro atoms. The molecule has 2 aromatic rings. The Labute approximate surface area is 118 Å². The number of carbonyl (C=O) groups excluding carboxylic acids is 3. The molecule has 1 heterocycles. The molecule has 1 saturated heterocycles. The summed E-state index contributed by atoms with van der Waals surface area (Å²) >= 11 is 0. The van der Waals surface area contributed by atoms with Gasteiger partial charge in [-0.3, -0.25) is 9.59 Å². The molecule has 5 nitrogen and oxygen atoms in total. The minimum Gasteiger partial charge on any atom is -0.325 e. The van der Waals surface area contributed by atoms with Crippen LogP contribution in [0.25, 0.3) is 10.8 Å². The van der Waals surface area contributed by atoms with Crippen molar-refractivity contribution in [2.45, 2.75) is 12.8 Å². The predicted octanol–water partition coefficient (Wildman–Crippen LogP) is 2.20. The van der Waals surface area contributed by atoms with Crippen molar-refractivity contribution >= 4 is 28.6 Å². The lowest BCUT2D eigenvalue weighted by Gasteiger charge is -2.13. The van der Waals surface area contributed by atoms with Crippen molar-refractivity contribution in [3.8, 4) is 0 Å². The summed E-state index contributed by atoms with van der Waals surface area (Å²) in [6.45, 7) is 0. The molecule has 0 aliphatic carbocycles. The van der Waals surface area contributed by atoms with Gasteiger partial charge < -0.3 is 4.84 Å². The highest BCUT2D eigenvalue weighted by molar-refractivity contribution is 6.07. The van der Waals surface area contributed by atoms with E-state index in [9.17, 15) is 18.8 Å². The Hall–Kier alpha value is -2.76. The van der Waals surface area contributed by atoms with Crippen LogP contribution in [0.2, 0.25) is 0 Å². The summed E-state index contributed by atoms with van der Waals surface area (Å²) in [6.07, 6.45) is 0.0482. The van der Waals surface area contributed by atoms with E-state index in [0.717, 1.165) is 6.07 Å². The summed E-state index contributed by atoms with van der Waals surface area (Å²) < 4.78 is 13.7. The highest BCUT2D eigenvalue weighted by Gasteiger charge is 2.33. The van der Waals surface area contributed by atoms with Crippen molar-refractivity contribution in [1.82, 2.24) is 5.06 Å². The Morgan fingerprint density at radius 1 is 1.00 bits per heavy atom. The zero-order valence-corrected chi connectivity index (χ0v) is 10.8. The van der Waals surface area contributed by atoms with E-state index in [-0.39, 0.29) is 23.8 Å². The quantitative estimate of drug-likeness (QED) is 0.794. The zero-order chi connectivity index (χ0) is 15.0. The van der Waals surface area contributed by atoms with Gasteiger partial charge in [-0.2, -0.15) is 0 Å². The van der Waals surface area contributed by atoms with Gasteiger partial charge in [-0.25, -0.2) is 9.18 Å². The highest BCUT2D eigenvalue weighted by Crippen LogP contribution is 2.23. The molecule has 0 N–H and O–H groups in total. The molecule has 0 saturated carbocycles. The van der Waals surface area contributed by atoms with Crippen LogP contribution < -0.4 is 0 Å². The predicted molar refractivity (Wildman–Crippen MR) is 70.4 cm³/mol. The fraction of sp³-hybridized carbons (Fsp3) is 0.133. The molecule has 2 amide bonds. The van der Waals surface area contributed by atoms with Gasteiger partial charge in [0.2, 0.25) is 0 Å². The second-order valence-electron chi connectivity index (χ2n) is 4.60. The smallest absolute Gasteiger partial charge is 0.325 e. The monoisotopic (exact) mass is 287 g/mol. The highest BCUT2D eigenvalue weighted by atomic mass is 19.1. The molecule has 0 radical (unpaired) electrons. The summed E-state index contributed by atoms with van der Waals surface area (Å²) in [4.78, 5) is 39.8. The molecule has 106 valence electrons. The van der Waals surface area contributed by atoms with Gasteiger partial charge in [-0.1, -0.05) is 24.3 Å². The Balaban J connectivity index is 1.97. The van der Waals surface area contributed by atoms with Crippen LogP contribution in [0, 0.1) is 5.82 Å². The van der Waals surface area contributed by atoms with E-state index in [1.165, 1.54) is 12.1 Å². The molecule has 1 aliphatic rings.